The molecule has 79 heavy (non-hydrogen) atoms. The normalized spacial score (nSPS) is 29.3. The third kappa shape index (κ3) is 13.5. The van der Waals surface area contributed by atoms with Crippen molar-refractivity contribution in [1.82, 2.24) is 48.9 Å². The number of carbonyl (C=O) groups is 1. The molecule has 0 aliphatic carbocycles. The minimum absolute atomic E-state index is 0.00103. The number of nitrogens with one attached hydrogen (secondary N) is 3. The number of nitrogens with two attached hydrogens (primary N) is 2. The van der Waals surface area contributed by atoms with Crippen molar-refractivity contribution in [3.05, 3.63) is 62.4 Å². The maximum absolute atomic E-state index is 13.6. The lowest BCUT2D eigenvalue weighted by Crippen LogP contribution is -2.45. The number of aliphatic hydroxyl groups is 3. The average Bonchev–Trinajstić information content (AvgIpc) is 4.16. The van der Waals surface area contributed by atoms with Gasteiger partial charge in [0.25, 0.3) is 17.1 Å². The molecule has 5 aromatic rings. The Labute approximate surface area is 441 Å². The van der Waals surface area contributed by atoms with Crippen LogP contribution < -0.4 is 38.2 Å². The Morgan fingerprint density at radius 2 is 1.48 bits per heavy atom. The summed E-state index contributed by atoms with van der Waals surface area (Å²) in [5.41, 5.74) is 9.18. The van der Waals surface area contributed by atoms with Crippen LogP contribution in [0.5, 0.6) is 0 Å². The fraction of sp³-hybridized carbons (Fsp3) is 0.595. The highest BCUT2D eigenvalue weighted by atomic mass is 31.3. The molecule has 16 atom stereocenters. The molecule has 5 unspecified atom stereocenters. The molecule has 42 heteroatoms. The Morgan fingerprint density at radius 3 is 2.15 bits per heavy atom. The number of hydrogen-bond donors (Lipinski definition) is 12. The van der Waals surface area contributed by atoms with E-state index in [0.29, 0.717) is 6.42 Å². The van der Waals surface area contributed by atoms with Gasteiger partial charge in [-0.2, -0.15) is 8.62 Å². The lowest BCUT2D eigenvalue weighted by Gasteiger charge is -2.26. The van der Waals surface area contributed by atoms with Crippen molar-refractivity contribution in [2.24, 2.45) is 13.0 Å². The molecule has 436 valence electrons. The predicted molar refractivity (Wildman–Crippen MR) is 258 cm³/mol. The van der Waals surface area contributed by atoms with Crippen molar-refractivity contribution in [2.45, 2.75) is 93.7 Å². The van der Waals surface area contributed by atoms with Crippen LogP contribution in [-0.4, -0.2) is 167 Å². The minimum Gasteiger partial charge on any atom is -0.387 e. The van der Waals surface area contributed by atoms with E-state index in [9.17, 15) is 72.3 Å². The first-order valence-electron chi connectivity index (χ1n) is 23.3. The van der Waals surface area contributed by atoms with Crippen molar-refractivity contribution in [1.29, 1.82) is 0 Å². The summed E-state index contributed by atoms with van der Waals surface area (Å²) in [4.78, 5) is 113. The van der Waals surface area contributed by atoms with Crippen LogP contribution in [0.15, 0.2) is 45.6 Å². The largest absolute Gasteiger partial charge is 0.490 e. The van der Waals surface area contributed by atoms with Gasteiger partial charge >= 0.3 is 42.6 Å². The first-order valence-corrected chi connectivity index (χ1v) is 29.3. The summed E-state index contributed by atoms with van der Waals surface area (Å²) in [5.74, 6) is -2.22. The summed E-state index contributed by atoms with van der Waals surface area (Å²) in [6.07, 6.45) is -13.0. The fourth-order valence-corrected chi connectivity index (χ4v) is 13.3. The van der Waals surface area contributed by atoms with E-state index >= 15 is 0 Å². The molecule has 38 nitrogen and oxygen atoms in total. The molecule has 0 aromatic carbocycles. The average molecular weight is 1200 g/mol. The van der Waals surface area contributed by atoms with Gasteiger partial charge in [-0.05, 0) is 6.42 Å². The number of aliphatic hydroxyl groups excluding tert-OH is 3. The van der Waals surface area contributed by atoms with Crippen molar-refractivity contribution in [3.8, 4) is 0 Å². The molecule has 3 aliphatic heterocycles. The Kier molecular flexibility index (Phi) is 18.1. The van der Waals surface area contributed by atoms with Crippen LogP contribution >= 0.6 is 31.3 Å². The summed E-state index contributed by atoms with van der Waals surface area (Å²) >= 11 is 0. The highest BCUT2D eigenvalue weighted by molar-refractivity contribution is 7.66. The smallest absolute Gasteiger partial charge is 0.387 e. The van der Waals surface area contributed by atoms with Gasteiger partial charge in [0.15, 0.2) is 30.2 Å². The van der Waals surface area contributed by atoms with E-state index in [1.165, 1.54) is 27.1 Å². The summed E-state index contributed by atoms with van der Waals surface area (Å²) < 4.78 is 110. The number of carbonyl (C=O) groups excluding carboxylic acids is 1. The topological polar surface area (TPSA) is 536 Å². The van der Waals surface area contributed by atoms with Gasteiger partial charge in [-0.15, -0.1) is 0 Å². The molecule has 5 aromatic heterocycles. The van der Waals surface area contributed by atoms with Crippen LogP contribution in [0.2, 0.25) is 0 Å². The Bertz CT molecular complexity index is 3430. The maximum Gasteiger partial charge on any atom is 0.490 e. The number of phosphoric ester groups is 3. The zero-order valence-corrected chi connectivity index (χ0v) is 44.8. The lowest BCUT2D eigenvalue weighted by molar-refractivity contribution is -0.745. The molecule has 3 aliphatic rings. The Hall–Kier alpha value is -5.11. The maximum atomic E-state index is 13.6. The molecule has 0 bridgehead atoms. The van der Waals surface area contributed by atoms with Crippen LogP contribution in [0, 0.1) is 5.92 Å². The van der Waals surface area contributed by atoms with Gasteiger partial charge in [0, 0.05) is 38.3 Å². The number of anilines is 2. The SMILES string of the molecule is CCCCNC(=O)C[C@@H]1[C@@H](COP(=O)(O)OP(=O)(O)OP(=O)(O)OC[C@H]2O[C@@H](n3cnc4c(N)ncnc43)[C@H](OC)[C@@H]2OP(=O)(O)OC[C@H]2O[C@@H](n3ccc(=O)[nH]c3=O)[C@H](O)[C@@H]2O)OC([n+]2cn(C)c3c(=O)[nH]c(N)nc32)[C@@H]1O. The number of fused-ring (bicyclic) bond motifs is 2. The Morgan fingerprint density at radius 1 is 0.823 bits per heavy atom. The number of imidazole rings is 2. The number of nitrogen functional groups attached to an aromatic ring is 2. The molecule has 1 amide bonds. The Balaban J connectivity index is 0.950. The van der Waals surface area contributed by atoms with Gasteiger partial charge in [0.05, 0.1) is 39.3 Å². The van der Waals surface area contributed by atoms with E-state index in [1.807, 2.05) is 11.9 Å². The van der Waals surface area contributed by atoms with E-state index in [2.05, 4.69) is 38.9 Å². The standard InChI is InChI=1S/C37H53N13O25P4/c1-4-5-7-40-21(52)9-16-17(70-33(24(16)53)50-15-47(2)23-31(50)45-36(39)46-32(23)56)10-68-77(60,61)74-79(64,65)75-78(62,63)69-12-19-27(28(66-3)35(72-19)49-14-43-22-29(38)41-13-42-30(22)49)73-76(58,59)67-11-18-25(54)26(55)34(71-18)48-8-6-20(51)44-37(48)57/h6,8,13-19,24-28,33-35,53-55H,4-5,7,9-12H2,1-3H3,(H10-,38,39,40,41,42,44,45,46,51,52,56,57,58,59,60,61,62,63,64,65)/p+1/t16-,17-,18-,19-,24-,25-,26-,27-,28-,33?,34-,35-/m1/s1. The molecule has 0 radical (unpaired) electrons. The minimum atomic E-state index is -6.24. The number of hydrogen-bond acceptors (Lipinski definition) is 27. The van der Waals surface area contributed by atoms with E-state index < -0.39 is 154 Å². The molecule has 8 rings (SSSR count). The number of rotatable bonds is 24. The van der Waals surface area contributed by atoms with Gasteiger partial charge in [-0.25, -0.2) is 42.6 Å². The quantitative estimate of drug-likeness (QED) is 0.0163. The summed E-state index contributed by atoms with van der Waals surface area (Å²) in [6.45, 7) is -1.22. The molecule has 0 spiro atoms. The predicted octanol–water partition coefficient (Wildman–Crippen LogP) is -3.31. The summed E-state index contributed by atoms with van der Waals surface area (Å²) in [7, 11) is -21.0. The molecule has 14 N–H and O–H groups in total. The van der Waals surface area contributed by atoms with Gasteiger partial charge in [-0.1, -0.05) is 18.3 Å². The van der Waals surface area contributed by atoms with Crippen molar-refractivity contribution < 1.29 is 108 Å². The van der Waals surface area contributed by atoms with Crippen molar-refractivity contribution in [2.75, 3.05) is 44.9 Å². The number of aromatic amines is 2. The number of H-pyrrole nitrogens is 2. The zero-order valence-electron chi connectivity index (χ0n) is 41.3. The number of unbranched alkanes of at least 4 members (excludes halogenated alkanes) is 1. The number of aromatic nitrogens is 10. The van der Waals surface area contributed by atoms with E-state index in [4.69, 9.17) is 48.5 Å². The first-order chi connectivity index (χ1) is 37.1. The molecule has 3 saturated heterocycles. The van der Waals surface area contributed by atoms with Gasteiger partial charge in [0.1, 0.15) is 54.6 Å². The molecule has 0 saturated carbocycles. The first kappa shape index (κ1) is 60.0. The second-order valence-electron chi connectivity index (χ2n) is 17.8. The number of ether oxygens (including phenoxy) is 4. The number of phosphoric acid groups is 4. The fourth-order valence-electron chi connectivity index (χ4n) is 8.82. The van der Waals surface area contributed by atoms with Crippen LogP contribution in [0.3, 0.4) is 0 Å². The van der Waals surface area contributed by atoms with Gasteiger partial charge in [-0.3, -0.25) is 56.1 Å². The lowest BCUT2D eigenvalue weighted by atomic mass is 9.94. The monoisotopic (exact) mass is 1200 g/mol. The van der Waals surface area contributed by atoms with Gasteiger partial charge in [0.2, 0.25) is 17.7 Å². The number of amides is 1. The number of methoxy groups -OCH3 is 1. The van der Waals surface area contributed by atoms with E-state index in [0.717, 1.165) is 43.0 Å². The van der Waals surface area contributed by atoms with Crippen LogP contribution in [-0.2, 0) is 75.8 Å². The van der Waals surface area contributed by atoms with E-state index in [-0.39, 0.29) is 40.6 Å². The third-order valence-corrected chi connectivity index (χ3v) is 17.7. The highest BCUT2D eigenvalue weighted by Crippen LogP contribution is 2.68. The van der Waals surface area contributed by atoms with Crippen LogP contribution in [0.1, 0.15) is 44.9 Å². The van der Waals surface area contributed by atoms with Gasteiger partial charge < -0.3 is 70.6 Å². The zero-order chi connectivity index (χ0) is 57.5. The molecular weight excluding hydrogens is 1150 g/mol. The highest BCUT2D eigenvalue weighted by Gasteiger charge is 2.54. The molecule has 3 fully saturated rings. The van der Waals surface area contributed by atoms with Crippen molar-refractivity contribution in [3.63, 3.8) is 0 Å². The summed E-state index contributed by atoms with van der Waals surface area (Å²) in [5, 5.41) is 35.5. The van der Waals surface area contributed by atoms with Crippen LogP contribution in [0.4, 0.5) is 11.8 Å². The summed E-state index contributed by atoms with van der Waals surface area (Å²) in [6, 6.07) is 0.922. The number of aryl methyl sites for hydroxylation is 1. The second kappa shape index (κ2) is 23.8. The third-order valence-electron chi connectivity index (χ3n) is 12.4. The molecular formula is C37H54N13O25P4+. The van der Waals surface area contributed by atoms with Crippen molar-refractivity contribution >= 4 is 71.3 Å². The number of nitrogens with zero attached hydrogens (tertiary/aromatic N) is 8. The second-order valence-corrected chi connectivity index (χ2v) is 23.8. The molecule has 8 heterocycles. The van der Waals surface area contributed by atoms with Crippen LogP contribution in [0.25, 0.3) is 22.3 Å². The van der Waals surface area contributed by atoms with E-state index in [1.54, 1.807) is 0 Å².